The van der Waals surface area contributed by atoms with E-state index in [0.717, 1.165) is 5.56 Å². The van der Waals surface area contributed by atoms with E-state index in [1.165, 1.54) is 43.7 Å². The fourth-order valence-corrected chi connectivity index (χ4v) is 3.36. The number of rotatable bonds is 6. The van der Waals surface area contributed by atoms with Gasteiger partial charge in [0.25, 0.3) is 6.43 Å². The van der Waals surface area contributed by atoms with Crippen LogP contribution in [0.3, 0.4) is 0 Å². The number of hydrogen-bond acceptors (Lipinski definition) is 2. The second-order valence-corrected chi connectivity index (χ2v) is 6.44. The Morgan fingerprint density at radius 1 is 1.04 bits per heavy atom. The summed E-state index contributed by atoms with van der Waals surface area (Å²) in [5.41, 5.74) is 2.60. The molecule has 1 aliphatic carbocycles. The fraction of sp³-hybridized carbons (Fsp3) is 0.381. The summed E-state index contributed by atoms with van der Waals surface area (Å²) in [4.78, 5) is 5.18. The van der Waals surface area contributed by atoms with Crippen molar-refractivity contribution in [2.24, 2.45) is 5.16 Å². The predicted octanol–water partition coefficient (Wildman–Crippen LogP) is 6.10. The zero-order valence-electron chi connectivity index (χ0n) is 14.1. The lowest BCUT2D eigenvalue weighted by Crippen LogP contribution is -2.04. The van der Waals surface area contributed by atoms with Crippen LogP contribution in [0, 0.1) is 0 Å². The van der Waals surface area contributed by atoms with Crippen LogP contribution in [0.5, 0.6) is 0 Å². The van der Waals surface area contributed by atoms with Gasteiger partial charge in [-0.1, -0.05) is 66.9 Å². The van der Waals surface area contributed by atoms with Crippen LogP contribution in [-0.2, 0) is 11.4 Å². The van der Waals surface area contributed by atoms with Gasteiger partial charge in [-0.2, -0.15) is 0 Å². The highest BCUT2D eigenvalue weighted by Crippen LogP contribution is 2.32. The highest BCUT2D eigenvalue weighted by atomic mass is 19.3. The van der Waals surface area contributed by atoms with Crippen molar-refractivity contribution in [1.29, 1.82) is 0 Å². The number of alkyl halides is 2. The SMILES string of the molecule is FC(F)c1ccccc1CO/N=[C]\c1cccc(C2CCCCC2)c1. The van der Waals surface area contributed by atoms with Gasteiger partial charge in [0, 0.05) is 16.7 Å². The van der Waals surface area contributed by atoms with Gasteiger partial charge < -0.3 is 4.84 Å². The molecule has 0 bridgehead atoms. The Kier molecular flexibility index (Phi) is 6.15. The van der Waals surface area contributed by atoms with Crippen molar-refractivity contribution in [1.82, 2.24) is 0 Å². The molecule has 2 aromatic rings. The molecule has 25 heavy (non-hydrogen) atoms. The Morgan fingerprint density at radius 2 is 1.84 bits per heavy atom. The lowest BCUT2D eigenvalue weighted by atomic mass is 9.84. The van der Waals surface area contributed by atoms with E-state index < -0.39 is 6.43 Å². The maximum absolute atomic E-state index is 12.9. The summed E-state index contributed by atoms with van der Waals surface area (Å²) in [5, 5.41) is 3.83. The molecule has 0 unspecified atom stereocenters. The minimum atomic E-state index is -2.51. The average Bonchev–Trinajstić information content (AvgIpc) is 2.66. The normalized spacial score (nSPS) is 15.8. The molecule has 4 heteroatoms. The third-order valence-electron chi connectivity index (χ3n) is 4.71. The van der Waals surface area contributed by atoms with Gasteiger partial charge in [0.2, 0.25) is 0 Å². The lowest BCUT2D eigenvalue weighted by molar-refractivity contribution is 0.120. The zero-order chi connectivity index (χ0) is 17.5. The molecule has 0 atom stereocenters. The van der Waals surface area contributed by atoms with Crippen LogP contribution in [0.25, 0.3) is 0 Å². The summed E-state index contributed by atoms with van der Waals surface area (Å²) in [6, 6.07) is 14.5. The van der Waals surface area contributed by atoms with Crippen molar-refractivity contribution in [3.05, 3.63) is 70.8 Å². The smallest absolute Gasteiger partial charge is 0.264 e. The first-order chi connectivity index (χ1) is 12.2. The Hall–Kier alpha value is -2.23. The van der Waals surface area contributed by atoms with Crippen LogP contribution < -0.4 is 0 Å². The summed E-state index contributed by atoms with van der Waals surface area (Å²) < 4.78 is 25.8. The van der Waals surface area contributed by atoms with Crippen LogP contribution in [0.4, 0.5) is 8.78 Å². The lowest BCUT2D eigenvalue weighted by Gasteiger charge is -2.22. The monoisotopic (exact) mass is 342 g/mol. The first-order valence-electron chi connectivity index (χ1n) is 8.78. The molecular weight excluding hydrogens is 320 g/mol. The number of hydrogen-bond donors (Lipinski definition) is 0. The molecule has 0 amide bonds. The highest BCUT2D eigenvalue weighted by molar-refractivity contribution is 5.79. The van der Waals surface area contributed by atoms with Crippen LogP contribution in [0.2, 0.25) is 0 Å². The Morgan fingerprint density at radius 3 is 2.64 bits per heavy atom. The van der Waals surface area contributed by atoms with Gasteiger partial charge in [-0.3, -0.25) is 0 Å². The molecule has 0 saturated heterocycles. The molecule has 0 aliphatic heterocycles. The molecule has 0 spiro atoms. The second-order valence-electron chi connectivity index (χ2n) is 6.44. The van der Waals surface area contributed by atoms with E-state index >= 15 is 0 Å². The van der Waals surface area contributed by atoms with E-state index in [1.807, 2.05) is 12.1 Å². The van der Waals surface area contributed by atoms with Gasteiger partial charge in [-0.25, -0.2) is 8.78 Å². The van der Waals surface area contributed by atoms with Gasteiger partial charge in [0.05, 0.1) is 0 Å². The molecule has 3 rings (SSSR count). The van der Waals surface area contributed by atoms with Gasteiger partial charge in [-0.05, 0) is 30.4 Å². The van der Waals surface area contributed by atoms with Crippen molar-refractivity contribution in [2.75, 3.05) is 0 Å². The van der Waals surface area contributed by atoms with E-state index in [2.05, 4.69) is 23.5 Å². The number of benzene rings is 2. The van der Waals surface area contributed by atoms with Crippen molar-refractivity contribution in [2.45, 2.75) is 51.1 Å². The first-order valence-corrected chi connectivity index (χ1v) is 8.78. The molecule has 1 saturated carbocycles. The van der Waals surface area contributed by atoms with Crippen molar-refractivity contribution < 1.29 is 13.6 Å². The highest BCUT2D eigenvalue weighted by Gasteiger charge is 2.15. The summed E-state index contributed by atoms with van der Waals surface area (Å²) >= 11 is 0. The molecule has 2 aromatic carbocycles. The largest absolute Gasteiger partial charge is 0.390 e. The van der Waals surface area contributed by atoms with Crippen LogP contribution in [-0.4, -0.2) is 6.21 Å². The van der Waals surface area contributed by atoms with E-state index in [-0.39, 0.29) is 12.2 Å². The van der Waals surface area contributed by atoms with Crippen molar-refractivity contribution >= 4 is 6.21 Å². The molecular formula is C21H22F2NO. The van der Waals surface area contributed by atoms with E-state index in [0.29, 0.717) is 11.5 Å². The van der Waals surface area contributed by atoms with Crippen molar-refractivity contribution in [3.63, 3.8) is 0 Å². The number of halogens is 2. The van der Waals surface area contributed by atoms with Gasteiger partial charge in [0.1, 0.15) is 12.8 Å². The summed E-state index contributed by atoms with van der Waals surface area (Å²) in [7, 11) is 0. The molecule has 2 nitrogen and oxygen atoms in total. The third-order valence-corrected chi connectivity index (χ3v) is 4.71. The molecule has 131 valence electrons. The van der Waals surface area contributed by atoms with Gasteiger partial charge in [0.15, 0.2) is 0 Å². The summed E-state index contributed by atoms with van der Waals surface area (Å²) in [6.07, 6.45) is 6.73. The zero-order valence-corrected chi connectivity index (χ0v) is 14.1. The van der Waals surface area contributed by atoms with E-state index in [1.54, 1.807) is 18.2 Å². The molecule has 1 radical (unpaired) electrons. The predicted molar refractivity (Wildman–Crippen MR) is 95.0 cm³/mol. The summed E-state index contributed by atoms with van der Waals surface area (Å²) in [5.74, 6) is 0.620. The fourth-order valence-electron chi connectivity index (χ4n) is 3.36. The Bertz CT molecular complexity index is 709. The Labute approximate surface area is 147 Å². The third kappa shape index (κ3) is 4.88. The van der Waals surface area contributed by atoms with Crippen molar-refractivity contribution in [3.8, 4) is 0 Å². The van der Waals surface area contributed by atoms with Gasteiger partial charge >= 0.3 is 0 Å². The minimum Gasteiger partial charge on any atom is -0.390 e. The second kappa shape index (κ2) is 8.75. The van der Waals surface area contributed by atoms with Crippen LogP contribution in [0.1, 0.15) is 66.7 Å². The number of nitrogens with zero attached hydrogens (tertiary/aromatic N) is 1. The minimum absolute atomic E-state index is 0.00975. The first kappa shape index (κ1) is 17.6. The molecule has 0 heterocycles. The quantitative estimate of drug-likeness (QED) is 0.459. The molecule has 1 fully saturated rings. The average molecular weight is 342 g/mol. The van der Waals surface area contributed by atoms with Gasteiger partial charge in [-0.15, -0.1) is 0 Å². The van der Waals surface area contributed by atoms with E-state index in [9.17, 15) is 8.78 Å². The summed E-state index contributed by atoms with van der Waals surface area (Å²) in [6.45, 7) is 0.00975. The Balaban J connectivity index is 1.59. The molecule has 0 aromatic heterocycles. The maximum atomic E-state index is 12.9. The van der Waals surface area contributed by atoms with Crippen LogP contribution >= 0.6 is 0 Å². The van der Waals surface area contributed by atoms with Crippen LogP contribution in [0.15, 0.2) is 53.7 Å². The molecule has 1 aliphatic rings. The molecule has 0 N–H and O–H groups in total. The standard InChI is InChI=1S/C21H22F2NO/c22-21(23)20-12-5-4-10-19(20)15-25-24-14-16-7-6-11-18(13-16)17-8-2-1-3-9-17/h4-7,10-13,17,21H,1-3,8-9,15H2. The van der Waals surface area contributed by atoms with E-state index in [4.69, 9.17) is 4.84 Å². The topological polar surface area (TPSA) is 21.6 Å². The maximum Gasteiger partial charge on any atom is 0.264 e.